The number of aliphatic hydroxyl groups is 1. The number of hydrogen-bond donors (Lipinski definition) is 2. The summed E-state index contributed by atoms with van der Waals surface area (Å²) in [6, 6.07) is 0. The van der Waals surface area contributed by atoms with Gasteiger partial charge in [0, 0.05) is 17.7 Å². The summed E-state index contributed by atoms with van der Waals surface area (Å²) in [5.74, 6) is 0.343. The first kappa shape index (κ1) is 15.2. The molecule has 1 saturated carbocycles. The monoisotopic (exact) mass is 255 g/mol. The molecule has 2 N–H and O–H groups in total. The number of nitrogens with one attached hydrogen (secondary N) is 1. The van der Waals surface area contributed by atoms with Crippen LogP contribution in [0, 0.1) is 5.92 Å². The Morgan fingerprint density at radius 1 is 1.61 bits per heavy atom. The highest BCUT2D eigenvalue weighted by atomic mass is 16.5. The average Bonchev–Trinajstić information content (AvgIpc) is 2.37. The molecular weight excluding hydrogens is 230 g/mol. The summed E-state index contributed by atoms with van der Waals surface area (Å²) in [6.45, 7) is 4.71. The Balaban J connectivity index is 2.51. The van der Waals surface area contributed by atoms with Crippen molar-refractivity contribution in [2.24, 2.45) is 5.92 Å². The normalized spacial score (nSPS) is 29.1. The number of hydrogen-bond acceptors (Lipinski definition) is 4. The third kappa shape index (κ3) is 4.10. The van der Waals surface area contributed by atoms with E-state index in [0.29, 0.717) is 18.0 Å². The summed E-state index contributed by atoms with van der Waals surface area (Å²) in [5.41, 5.74) is 0.423. The largest absolute Gasteiger partial charge is 0.466 e. The van der Waals surface area contributed by atoms with Gasteiger partial charge in [-0.2, -0.15) is 0 Å². The number of rotatable bonds is 5. The van der Waals surface area contributed by atoms with E-state index in [1.54, 1.807) is 6.92 Å². The van der Waals surface area contributed by atoms with Crippen molar-refractivity contribution < 1.29 is 14.6 Å². The molecule has 104 valence electrons. The van der Waals surface area contributed by atoms with Crippen LogP contribution >= 0.6 is 0 Å². The van der Waals surface area contributed by atoms with Crippen LogP contribution < -0.4 is 5.32 Å². The van der Waals surface area contributed by atoms with Gasteiger partial charge in [-0.3, -0.25) is 0 Å². The first-order valence-corrected chi connectivity index (χ1v) is 6.64. The van der Waals surface area contributed by atoms with Crippen LogP contribution in [0.2, 0.25) is 0 Å². The topological polar surface area (TPSA) is 58.6 Å². The molecule has 0 heterocycles. The lowest BCUT2D eigenvalue weighted by Gasteiger charge is -2.39. The standard InChI is InChI=1S/C14H25NO3/c1-11-5-4-7-14(9-11,10-16)15-8-6-12(2)13(17)18-3/h6,11,15-16H,4-5,7-10H2,1-3H3. The van der Waals surface area contributed by atoms with Crippen molar-refractivity contribution in [3.63, 3.8) is 0 Å². The van der Waals surface area contributed by atoms with Crippen LogP contribution in [0.3, 0.4) is 0 Å². The van der Waals surface area contributed by atoms with E-state index in [1.807, 2.05) is 6.08 Å². The maximum absolute atomic E-state index is 11.2. The molecule has 18 heavy (non-hydrogen) atoms. The molecule has 4 heteroatoms. The summed E-state index contributed by atoms with van der Waals surface area (Å²) in [4.78, 5) is 11.2. The molecule has 0 saturated heterocycles. The van der Waals surface area contributed by atoms with Gasteiger partial charge in [0.2, 0.25) is 0 Å². The molecule has 0 aromatic heterocycles. The van der Waals surface area contributed by atoms with Gasteiger partial charge in [-0.15, -0.1) is 0 Å². The summed E-state index contributed by atoms with van der Waals surface area (Å²) in [7, 11) is 1.38. The number of aliphatic hydroxyl groups excluding tert-OH is 1. The highest BCUT2D eigenvalue weighted by Gasteiger charge is 2.33. The molecule has 2 atom stereocenters. The molecule has 0 amide bonds. The summed E-state index contributed by atoms with van der Waals surface area (Å²) >= 11 is 0. The number of carbonyl (C=O) groups excluding carboxylic acids is 1. The van der Waals surface area contributed by atoms with Crippen molar-refractivity contribution in [3.8, 4) is 0 Å². The Bertz CT molecular complexity index is 314. The van der Waals surface area contributed by atoms with Crippen LogP contribution in [0.1, 0.15) is 39.5 Å². The van der Waals surface area contributed by atoms with Gasteiger partial charge in [-0.1, -0.05) is 25.8 Å². The maximum atomic E-state index is 11.2. The summed E-state index contributed by atoms with van der Waals surface area (Å²) < 4.78 is 4.64. The molecular formula is C14H25NO3. The van der Waals surface area contributed by atoms with Crippen LogP contribution in [0.25, 0.3) is 0 Å². The lowest BCUT2D eigenvalue weighted by molar-refractivity contribution is -0.136. The second kappa shape index (κ2) is 6.90. The molecule has 0 aromatic carbocycles. The van der Waals surface area contributed by atoms with Crippen molar-refractivity contribution in [1.82, 2.24) is 5.32 Å². The van der Waals surface area contributed by atoms with Crippen molar-refractivity contribution >= 4 is 5.97 Å². The fourth-order valence-corrected chi connectivity index (χ4v) is 2.69. The van der Waals surface area contributed by atoms with Crippen molar-refractivity contribution in [1.29, 1.82) is 0 Å². The lowest BCUT2D eigenvalue weighted by atomic mass is 9.77. The molecule has 4 nitrogen and oxygen atoms in total. The smallest absolute Gasteiger partial charge is 0.333 e. The lowest BCUT2D eigenvalue weighted by Crippen LogP contribution is -2.51. The Morgan fingerprint density at radius 3 is 2.89 bits per heavy atom. The number of carbonyl (C=O) groups is 1. The molecule has 0 spiro atoms. The van der Waals surface area contributed by atoms with Gasteiger partial charge in [0.05, 0.1) is 13.7 Å². The zero-order valence-electron chi connectivity index (χ0n) is 11.7. The minimum atomic E-state index is -0.299. The molecule has 1 aliphatic rings. The van der Waals surface area contributed by atoms with E-state index >= 15 is 0 Å². The van der Waals surface area contributed by atoms with E-state index in [2.05, 4.69) is 17.0 Å². The van der Waals surface area contributed by atoms with Gasteiger partial charge in [0.25, 0.3) is 0 Å². The third-order valence-electron chi connectivity index (χ3n) is 3.79. The minimum Gasteiger partial charge on any atom is -0.466 e. The van der Waals surface area contributed by atoms with E-state index in [-0.39, 0.29) is 18.1 Å². The first-order chi connectivity index (χ1) is 8.53. The predicted octanol–water partition coefficient (Wildman–Crippen LogP) is 1.64. The fraction of sp³-hybridized carbons (Fsp3) is 0.786. The van der Waals surface area contributed by atoms with Gasteiger partial charge in [-0.05, 0) is 25.7 Å². The molecule has 0 aromatic rings. The Hall–Kier alpha value is -0.870. The average molecular weight is 255 g/mol. The molecule has 1 aliphatic carbocycles. The van der Waals surface area contributed by atoms with E-state index in [9.17, 15) is 9.90 Å². The molecule has 2 unspecified atom stereocenters. The van der Waals surface area contributed by atoms with Gasteiger partial charge < -0.3 is 15.2 Å². The SMILES string of the molecule is COC(=O)C(C)=CCNC1(CO)CCCC(C)C1. The zero-order valence-corrected chi connectivity index (χ0v) is 11.7. The van der Waals surface area contributed by atoms with Gasteiger partial charge in [0.15, 0.2) is 0 Å². The third-order valence-corrected chi connectivity index (χ3v) is 3.79. The van der Waals surface area contributed by atoms with Crippen molar-refractivity contribution in [2.45, 2.75) is 45.1 Å². The van der Waals surface area contributed by atoms with E-state index in [0.717, 1.165) is 19.3 Å². The summed E-state index contributed by atoms with van der Waals surface area (Å²) in [5, 5.41) is 13.0. The van der Waals surface area contributed by atoms with Crippen LogP contribution in [0.15, 0.2) is 11.6 Å². The molecule has 1 fully saturated rings. The van der Waals surface area contributed by atoms with Gasteiger partial charge in [-0.25, -0.2) is 4.79 Å². The molecule has 0 aliphatic heterocycles. The Morgan fingerprint density at radius 2 is 2.33 bits per heavy atom. The first-order valence-electron chi connectivity index (χ1n) is 6.64. The minimum absolute atomic E-state index is 0.155. The van der Waals surface area contributed by atoms with Crippen LogP contribution in [-0.2, 0) is 9.53 Å². The van der Waals surface area contributed by atoms with E-state index in [4.69, 9.17) is 0 Å². The van der Waals surface area contributed by atoms with E-state index in [1.165, 1.54) is 13.5 Å². The fourth-order valence-electron chi connectivity index (χ4n) is 2.69. The second-order valence-electron chi connectivity index (χ2n) is 5.40. The van der Waals surface area contributed by atoms with E-state index < -0.39 is 0 Å². The number of methoxy groups -OCH3 is 1. The predicted molar refractivity (Wildman–Crippen MR) is 71.2 cm³/mol. The highest BCUT2D eigenvalue weighted by molar-refractivity contribution is 5.87. The Labute approximate surface area is 109 Å². The molecule has 1 rings (SSSR count). The van der Waals surface area contributed by atoms with Crippen LogP contribution in [-0.4, -0.2) is 36.9 Å². The number of esters is 1. The summed E-state index contributed by atoms with van der Waals surface area (Å²) in [6.07, 6.45) is 6.20. The van der Waals surface area contributed by atoms with Crippen molar-refractivity contribution in [3.05, 3.63) is 11.6 Å². The van der Waals surface area contributed by atoms with Gasteiger partial charge >= 0.3 is 5.97 Å². The van der Waals surface area contributed by atoms with Crippen LogP contribution in [0.4, 0.5) is 0 Å². The maximum Gasteiger partial charge on any atom is 0.333 e. The Kier molecular flexibility index (Phi) is 5.82. The molecule has 0 radical (unpaired) electrons. The quantitative estimate of drug-likeness (QED) is 0.579. The van der Waals surface area contributed by atoms with Crippen LogP contribution in [0.5, 0.6) is 0 Å². The zero-order chi connectivity index (χ0) is 13.6. The number of ether oxygens (including phenoxy) is 1. The van der Waals surface area contributed by atoms with Crippen molar-refractivity contribution in [2.75, 3.05) is 20.3 Å². The second-order valence-corrected chi connectivity index (χ2v) is 5.40. The molecule has 0 bridgehead atoms. The highest BCUT2D eigenvalue weighted by Crippen LogP contribution is 2.31. The van der Waals surface area contributed by atoms with Gasteiger partial charge in [0.1, 0.15) is 0 Å².